The number of carbonyl (C=O) groups excluding carboxylic acids is 4. The van der Waals surface area contributed by atoms with Crippen molar-refractivity contribution < 1.29 is 28.7 Å². The SMILES string of the molecule is CNC(C)C(=S)N[C@H]1CCS[C@H]2CC(C)(C)[C@@H](C(=O)NC(COCCCCOCC(NC(=O)[C@H]3N4C(=O)[C@@H](NC(=S)C(C)NC)CCS[C@H]4CC3(C)C)c3ccccc3)c3ccccc3)N2C1=O. The Bertz CT molecular complexity index is 1910. The van der Waals surface area contributed by atoms with E-state index >= 15 is 0 Å². The zero-order chi connectivity index (χ0) is 49.2. The van der Waals surface area contributed by atoms with E-state index in [4.69, 9.17) is 33.9 Å². The van der Waals surface area contributed by atoms with Gasteiger partial charge in [0.1, 0.15) is 24.2 Å². The maximum absolute atomic E-state index is 14.5. The lowest BCUT2D eigenvalue weighted by molar-refractivity contribution is -0.142. The summed E-state index contributed by atoms with van der Waals surface area (Å²) in [5.74, 6) is 0.996. The van der Waals surface area contributed by atoms with Gasteiger partial charge in [-0.15, -0.1) is 23.5 Å². The minimum atomic E-state index is -0.665. The van der Waals surface area contributed by atoms with Gasteiger partial charge in [-0.05, 0) is 99.9 Å². The third kappa shape index (κ3) is 13.3. The zero-order valence-corrected chi connectivity index (χ0v) is 44.3. The average molecular weight is 1010 g/mol. The number of nitrogens with one attached hydrogen (secondary N) is 6. The molecule has 2 aromatic rings. The molecule has 0 bridgehead atoms. The maximum Gasteiger partial charge on any atom is 0.246 e. The Morgan fingerprint density at radius 2 is 1.03 bits per heavy atom. The second kappa shape index (κ2) is 24.7. The van der Waals surface area contributed by atoms with E-state index in [2.05, 4.69) is 59.6 Å². The molecule has 4 amide bonds. The Hall–Kier alpha value is -3.36. The van der Waals surface area contributed by atoms with Crippen molar-refractivity contribution in [3.63, 3.8) is 0 Å². The molecule has 374 valence electrons. The predicted molar refractivity (Wildman–Crippen MR) is 281 cm³/mol. The van der Waals surface area contributed by atoms with Crippen LogP contribution in [0.3, 0.4) is 0 Å². The van der Waals surface area contributed by atoms with Crippen molar-refractivity contribution in [1.29, 1.82) is 0 Å². The molecule has 0 spiro atoms. The lowest BCUT2D eigenvalue weighted by atomic mass is 9.83. The highest BCUT2D eigenvalue weighted by Crippen LogP contribution is 2.48. The number of likely N-dealkylation sites (N-methyl/N-ethyl adjacent to an activating group) is 2. The van der Waals surface area contributed by atoms with E-state index in [0.29, 0.717) is 48.9 Å². The number of thioether (sulfide) groups is 2. The van der Waals surface area contributed by atoms with Crippen LogP contribution in [0.5, 0.6) is 0 Å². The molecule has 4 unspecified atom stereocenters. The highest BCUT2D eigenvalue weighted by molar-refractivity contribution is 8.00. The van der Waals surface area contributed by atoms with Gasteiger partial charge < -0.3 is 51.2 Å². The van der Waals surface area contributed by atoms with Crippen LogP contribution in [-0.2, 0) is 28.7 Å². The summed E-state index contributed by atoms with van der Waals surface area (Å²) in [6, 6.07) is 16.2. The van der Waals surface area contributed by atoms with Crippen LogP contribution in [0.1, 0.15) is 103 Å². The van der Waals surface area contributed by atoms with Crippen molar-refractivity contribution in [2.24, 2.45) is 10.8 Å². The summed E-state index contributed by atoms with van der Waals surface area (Å²) in [5, 5.41) is 19.2. The molecule has 4 fully saturated rings. The number of benzene rings is 2. The number of amides is 4. The number of hydrogen-bond acceptors (Lipinski definition) is 12. The van der Waals surface area contributed by atoms with E-state index in [-0.39, 0.29) is 59.7 Å². The van der Waals surface area contributed by atoms with Gasteiger partial charge in [0.25, 0.3) is 0 Å². The predicted octanol–water partition coefficient (Wildman–Crippen LogP) is 5.48. The Morgan fingerprint density at radius 3 is 1.38 bits per heavy atom. The second-order valence-electron chi connectivity index (χ2n) is 19.9. The summed E-state index contributed by atoms with van der Waals surface area (Å²) in [7, 11) is 3.67. The highest BCUT2D eigenvalue weighted by atomic mass is 32.2. The number of nitrogens with zero attached hydrogens (tertiary/aromatic N) is 2. The molecule has 6 rings (SSSR count). The van der Waals surface area contributed by atoms with Gasteiger partial charge in [0.15, 0.2) is 0 Å². The highest BCUT2D eigenvalue weighted by Gasteiger charge is 2.56. The average Bonchev–Trinajstić information content (AvgIpc) is 3.64. The number of unbranched alkanes of at least 4 members (excludes halogenated alkanes) is 1. The van der Waals surface area contributed by atoms with Gasteiger partial charge >= 0.3 is 0 Å². The molecule has 0 radical (unpaired) electrons. The Kier molecular flexibility index (Phi) is 19.6. The number of carbonyl (C=O) groups is 4. The molecule has 4 aliphatic heterocycles. The molecule has 0 aromatic heterocycles. The summed E-state index contributed by atoms with van der Waals surface area (Å²) >= 11 is 14.7. The Morgan fingerprint density at radius 1 is 0.662 bits per heavy atom. The fourth-order valence-electron chi connectivity index (χ4n) is 9.68. The van der Waals surface area contributed by atoms with Crippen molar-refractivity contribution in [3.05, 3.63) is 71.8 Å². The van der Waals surface area contributed by atoms with Crippen LogP contribution in [0.25, 0.3) is 0 Å². The van der Waals surface area contributed by atoms with Gasteiger partial charge in [0.2, 0.25) is 23.6 Å². The van der Waals surface area contributed by atoms with E-state index < -0.39 is 47.1 Å². The second-order valence-corrected chi connectivity index (χ2v) is 23.3. The fourth-order valence-corrected chi connectivity index (χ4v) is 13.4. The van der Waals surface area contributed by atoms with Crippen LogP contribution in [0.4, 0.5) is 0 Å². The number of fused-ring (bicyclic) bond motifs is 2. The van der Waals surface area contributed by atoms with E-state index in [0.717, 1.165) is 35.5 Å². The molecule has 68 heavy (non-hydrogen) atoms. The van der Waals surface area contributed by atoms with E-state index in [9.17, 15) is 19.2 Å². The monoisotopic (exact) mass is 1010 g/mol. The molecular formula is C50H74N8O6S4. The van der Waals surface area contributed by atoms with Crippen LogP contribution in [0.2, 0.25) is 0 Å². The summed E-state index contributed by atoms with van der Waals surface area (Å²) in [6.45, 7) is 13.6. The minimum absolute atomic E-state index is 0.0863. The molecule has 0 aliphatic carbocycles. The standard InChI is InChI=1S/C50H74N8O6S4/c1-31(51-7)45(65)55-35-21-25-67-39-27-49(3,4)41(57(39)47(35)61)43(59)53-37(33-17-11-9-12-18-33)29-63-23-15-16-24-64-30-38(34-19-13-10-14-20-34)54-44(60)42-50(5,6)28-40-58(42)48(62)36(22-26-68-40)56-46(66)32(2)52-8/h9-14,17-20,31-32,35-42,51-52H,15-16,21-30H2,1-8H3,(H,53,59)(H,54,60)(H,55,65)(H,56,66)/t31?,32?,35-,36-,37?,38?,39-,40-,41+,42+/m0/s1. The van der Waals surface area contributed by atoms with Gasteiger partial charge in [0, 0.05) is 13.2 Å². The van der Waals surface area contributed by atoms with Crippen LogP contribution in [-0.4, -0.2) is 142 Å². The first kappa shape index (κ1) is 54.0. The molecule has 18 heteroatoms. The topological polar surface area (TPSA) is 165 Å². The number of hydrogen-bond donors (Lipinski definition) is 6. The van der Waals surface area contributed by atoms with Gasteiger partial charge in [-0.3, -0.25) is 19.2 Å². The van der Waals surface area contributed by atoms with Crippen LogP contribution in [0.15, 0.2) is 60.7 Å². The quantitative estimate of drug-likeness (QED) is 0.0688. The third-order valence-corrected chi connectivity index (χ3v) is 17.3. The van der Waals surface area contributed by atoms with E-state index in [1.807, 2.05) is 98.4 Å². The molecule has 4 heterocycles. The molecule has 2 aromatic carbocycles. The molecule has 4 aliphatic rings. The van der Waals surface area contributed by atoms with Crippen molar-refractivity contribution in [1.82, 2.24) is 41.7 Å². The lowest BCUT2D eigenvalue weighted by Gasteiger charge is -2.35. The Labute approximate surface area is 423 Å². The smallest absolute Gasteiger partial charge is 0.246 e. The molecule has 14 nitrogen and oxygen atoms in total. The molecule has 6 N–H and O–H groups in total. The Balaban J connectivity index is 1.03. The van der Waals surface area contributed by atoms with Crippen LogP contribution in [0, 0.1) is 10.8 Å². The summed E-state index contributed by atoms with van der Waals surface area (Å²) in [5.41, 5.74) is 0.932. The van der Waals surface area contributed by atoms with E-state index in [1.54, 1.807) is 23.5 Å². The lowest BCUT2D eigenvalue weighted by Crippen LogP contribution is -2.58. The van der Waals surface area contributed by atoms with Crippen LogP contribution < -0.4 is 31.9 Å². The normalized spacial score (nSPS) is 26.0. The van der Waals surface area contributed by atoms with Crippen molar-refractivity contribution in [2.75, 3.05) is 52.0 Å². The number of rotatable bonds is 21. The van der Waals surface area contributed by atoms with Crippen molar-refractivity contribution in [2.45, 2.75) is 139 Å². The summed E-state index contributed by atoms with van der Waals surface area (Å²) in [6.07, 6.45) is 4.11. The molecule has 0 saturated carbocycles. The minimum Gasteiger partial charge on any atom is -0.379 e. The molecule has 4 saturated heterocycles. The zero-order valence-electron chi connectivity index (χ0n) is 41.0. The molecule has 10 atom stereocenters. The maximum atomic E-state index is 14.5. The third-order valence-electron chi connectivity index (χ3n) is 13.8. The number of ether oxygens (including phenoxy) is 2. The van der Waals surface area contributed by atoms with Crippen molar-refractivity contribution >= 4 is 81.6 Å². The fraction of sp³-hybridized carbons (Fsp3) is 0.640. The summed E-state index contributed by atoms with van der Waals surface area (Å²) < 4.78 is 12.5. The van der Waals surface area contributed by atoms with Gasteiger partial charge in [0.05, 0.1) is 58.1 Å². The van der Waals surface area contributed by atoms with E-state index in [1.165, 1.54) is 0 Å². The first-order valence-corrected chi connectivity index (χ1v) is 27.1. The first-order chi connectivity index (χ1) is 32.5. The van der Waals surface area contributed by atoms with Gasteiger partial charge in [-0.2, -0.15) is 0 Å². The first-order valence-electron chi connectivity index (χ1n) is 24.2. The summed E-state index contributed by atoms with van der Waals surface area (Å²) in [4.78, 5) is 62.1. The van der Waals surface area contributed by atoms with Gasteiger partial charge in [-0.1, -0.05) is 113 Å². The van der Waals surface area contributed by atoms with Crippen LogP contribution >= 0.6 is 48.0 Å². The van der Waals surface area contributed by atoms with Gasteiger partial charge in [-0.25, -0.2) is 0 Å². The number of thiocarbonyl (C=S) groups is 2. The molecular weight excluding hydrogens is 937 g/mol. The van der Waals surface area contributed by atoms with Crippen molar-refractivity contribution in [3.8, 4) is 0 Å². The largest absolute Gasteiger partial charge is 0.379 e.